The van der Waals surface area contributed by atoms with Crippen LogP contribution in [0.1, 0.15) is 31.1 Å². The Hall–Kier alpha value is -1.69. The molecule has 3 N–H and O–H groups in total. The fourth-order valence-electron chi connectivity index (χ4n) is 1.99. The van der Waals surface area contributed by atoms with E-state index in [1.807, 2.05) is 13.8 Å². The minimum Gasteiger partial charge on any atom is -0.396 e. The van der Waals surface area contributed by atoms with E-state index in [-0.39, 0.29) is 11.7 Å². The molecule has 1 aromatic rings. The van der Waals surface area contributed by atoms with Crippen LogP contribution < -0.4 is 11.1 Å². The Bertz CT molecular complexity index is 476. The summed E-state index contributed by atoms with van der Waals surface area (Å²) in [5, 5.41) is 2.59. The van der Waals surface area contributed by atoms with Gasteiger partial charge < -0.3 is 16.0 Å². The minimum absolute atomic E-state index is 0.220. The number of amides is 1. The van der Waals surface area contributed by atoms with Crippen LogP contribution in [0.4, 0.5) is 14.5 Å². The Labute approximate surface area is 117 Å². The Kier molecular flexibility index (Phi) is 5.88. The third-order valence-corrected chi connectivity index (χ3v) is 3.15. The van der Waals surface area contributed by atoms with Crippen LogP contribution in [0, 0.1) is 11.6 Å². The van der Waals surface area contributed by atoms with E-state index in [9.17, 15) is 13.6 Å². The van der Waals surface area contributed by atoms with Crippen LogP contribution in [0.5, 0.6) is 0 Å². The molecule has 0 aliphatic rings. The van der Waals surface area contributed by atoms with Crippen molar-refractivity contribution in [3.05, 3.63) is 29.3 Å². The summed E-state index contributed by atoms with van der Waals surface area (Å²) in [5.41, 5.74) is 4.48. The van der Waals surface area contributed by atoms with Crippen molar-refractivity contribution >= 4 is 11.6 Å². The maximum Gasteiger partial charge on any atom is 0.257 e. The summed E-state index contributed by atoms with van der Waals surface area (Å²) in [5.74, 6) is -2.71. The van der Waals surface area contributed by atoms with E-state index in [0.29, 0.717) is 6.54 Å². The SMILES string of the molecule is CCN(CC)CC(C)NC(=O)c1c(F)ccc(N)c1F. The second kappa shape index (κ2) is 7.19. The van der Waals surface area contributed by atoms with Gasteiger partial charge in [0.1, 0.15) is 11.4 Å². The van der Waals surface area contributed by atoms with E-state index in [1.165, 1.54) is 0 Å². The molecular weight excluding hydrogens is 264 g/mol. The van der Waals surface area contributed by atoms with Crippen LogP contribution in [0.25, 0.3) is 0 Å². The Morgan fingerprint density at radius 3 is 2.50 bits per heavy atom. The number of nitrogen functional groups attached to an aromatic ring is 1. The van der Waals surface area contributed by atoms with Gasteiger partial charge >= 0.3 is 0 Å². The van der Waals surface area contributed by atoms with Gasteiger partial charge in [-0.25, -0.2) is 8.78 Å². The second-order valence-electron chi connectivity index (χ2n) is 4.69. The summed E-state index contributed by atoms with van der Waals surface area (Å²) in [6, 6.07) is 1.87. The fourth-order valence-corrected chi connectivity index (χ4v) is 1.99. The maximum absolute atomic E-state index is 13.7. The molecule has 20 heavy (non-hydrogen) atoms. The number of likely N-dealkylation sites (N-methyl/N-ethyl adjacent to an activating group) is 1. The number of anilines is 1. The highest BCUT2D eigenvalue weighted by molar-refractivity contribution is 5.95. The van der Waals surface area contributed by atoms with Gasteiger partial charge in [-0.05, 0) is 32.1 Å². The van der Waals surface area contributed by atoms with E-state index >= 15 is 0 Å². The lowest BCUT2D eigenvalue weighted by Crippen LogP contribution is -2.42. The number of hydrogen-bond acceptors (Lipinski definition) is 3. The predicted octanol–water partition coefficient (Wildman–Crippen LogP) is 2.01. The average Bonchev–Trinajstić information content (AvgIpc) is 2.40. The first kappa shape index (κ1) is 16.4. The number of carbonyl (C=O) groups excluding carboxylic acids is 1. The average molecular weight is 285 g/mol. The molecule has 0 aliphatic carbocycles. The number of halogens is 2. The van der Waals surface area contributed by atoms with Crippen molar-refractivity contribution < 1.29 is 13.6 Å². The first-order valence-electron chi connectivity index (χ1n) is 6.67. The van der Waals surface area contributed by atoms with Gasteiger partial charge in [-0.15, -0.1) is 0 Å². The molecule has 0 bridgehead atoms. The van der Waals surface area contributed by atoms with Crippen molar-refractivity contribution in [3.63, 3.8) is 0 Å². The normalized spacial score (nSPS) is 12.5. The number of hydrogen-bond donors (Lipinski definition) is 2. The van der Waals surface area contributed by atoms with Crippen LogP contribution in [-0.4, -0.2) is 36.5 Å². The molecule has 6 heteroatoms. The Morgan fingerprint density at radius 2 is 1.95 bits per heavy atom. The number of nitrogens with one attached hydrogen (secondary N) is 1. The Morgan fingerprint density at radius 1 is 1.35 bits per heavy atom. The molecule has 0 aliphatic heterocycles. The monoisotopic (exact) mass is 285 g/mol. The molecule has 0 spiro atoms. The van der Waals surface area contributed by atoms with E-state index in [2.05, 4.69) is 10.2 Å². The van der Waals surface area contributed by atoms with Crippen LogP contribution in [0.3, 0.4) is 0 Å². The van der Waals surface area contributed by atoms with Gasteiger partial charge in [-0.1, -0.05) is 13.8 Å². The molecular formula is C14H21F2N3O. The van der Waals surface area contributed by atoms with Gasteiger partial charge in [-0.3, -0.25) is 4.79 Å². The molecule has 0 heterocycles. The highest BCUT2D eigenvalue weighted by atomic mass is 19.1. The van der Waals surface area contributed by atoms with Crippen molar-refractivity contribution in [1.29, 1.82) is 0 Å². The van der Waals surface area contributed by atoms with Crippen molar-refractivity contribution in [1.82, 2.24) is 10.2 Å². The number of nitrogens with zero attached hydrogens (tertiary/aromatic N) is 1. The third kappa shape index (κ3) is 3.90. The number of nitrogens with two attached hydrogens (primary N) is 1. The van der Waals surface area contributed by atoms with Gasteiger partial charge in [0.15, 0.2) is 5.82 Å². The summed E-state index contributed by atoms with van der Waals surface area (Å²) < 4.78 is 27.3. The molecule has 0 radical (unpaired) electrons. The lowest BCUT2D eigenvalue weighted by atomic mass is 10.1. The van der Waals surface area contributed by atoms with E-state index in [0.717, 1.165) is 25.2 Å². The van der Waals surface area contributed by atoms with E-state index < -0.39 is 23.1 Å². The molecule has 0 saturated carbocycles. The highest BCUT2D eigenvalue weighted by Crippen LogP contribution is 2.18. The standard InChI is InChI=1S/C14H21F2N3O/c1-4-19(5-2)8-9(3)18-14(20)12-10(15)6-7-11(17)13(12)16/h6-7,9H,4-5,8,17H2,1-3H3,(H,18,20). The van der Waals surface area contributed by atoms with Crippen LogP contribution in [-0.2, 0) is 0 Å². The maximum atomic E-state index is 13.7. The van der Waals surface area contributed by atoms with Crippen LogP contribution in [0.15, 0.2) is 12.1 Å². The van der Waals surface area contributed by atoms with Gasteiger partial charge in [0.2, 0.25) is 0 Å². The first-order valence-corrected chi connectivity index (χ1v) is 6.67. The quantitative estimate of drug-likeness (QED) is 0.786. The molecule has 4 nitrogen and oxygen atoms in total. The van der Waals surface area contributed by atoms with Gasteiger partial charge in [0, 0.05) is 12.6 Å². The topological polar surface area (TPSA) is 58.4 Å². The van der Waals surface area contributed by atoms with Crippen molar-refractivity contribution in [3.8, 4) is 0 Å². The number of carbonyl (C=O) groups is 1. The lowest BCUT2D eigenvalue weighted by molar-refractivity contribution is 0.0922. The zero-order valence-electron chi connectivity index (χ0n) is 12.0. The zero-order valence-corrected chi connectivity index (χ0v) is 12.0. The summed E-state index contributed by atoms with van der Waals surface area (Å²) in [7, 11) is 0. The van der Waals surface area contributed by atoms with E-state index in [1.54, 1.807) is 6.92 Å². The summed E-state index contributed by atoms with van der Waals surface area (Å²) in [6.45, 7) is 8.11. The summed E-state index contributed by atoms with van der Waals surface area (Å²) in [6.07, 6.45) is 0. The first-order chi connectivity index (χ1) is 9.40. The molecule has 1 rings (SSSR count). The van der Waals surface area contributed by atoms with Gasteiger partial charge in [-0.2, -0.15) is 0 Å². The Balaban J connectivity index is 2.79. The molecule has 112 valence electrons. The van der Waals surface area contributed by atoms with Gasteiger partial charge in [0.05, 0.1) is 5.69 Å². The smallest absolute Gasteiger partial charge is 0.257 e. The molecule has 1 unspecified atom stereocenters. The van der Waals surface area contributed by atoms with Gasteiger partial charge in [0.25, 0.3) is 5.91 Å². The van der Waals surface area contributed by atoms with Crippen molar-refractivity contribution in [2.24, 2.45) is 0 Å². The highest BCUT2D eigenvalue weighted by Gasteiger charge is 2.21. The summed E-state index contributed by atoms with van der Waals surface area (Å²) >= 11 is 0. The van der Waals surface area contributed by atoms with Crippen LogP contribution >= 0.6 is 0 Å². The second-order valence-corrected chi connectivity index (χ2v) is 4.69. The fraction of sp³-hybridized carbons (Fsp3) is 0.500. The lowest BCUT2D eigenvalue weighted by Gasteiger charge is -2.23. The van der Waals surface area contributed by atoms with Crippen molar-refractivity contribution in [2.45, 2.75) is 26.8 Å². The van der Waals surface area contributed by atoms with E-state index in [4.69, 9.17) is 5.73 Å². The number of benzene rings is 1. The molecule has 0 saturated heterocycles. The van der Waals surface area contributed by atoms with Crippen molar-refractivity contribution in [2.75, 3.05) is 25.4 Å². The molecule has 1 atom stereocenters. The molecule has 1 aromatic carbocycles. The molecule has 0 aromatic heterocycles. The largest absolute Gasteiger partial charge is 0.396 e. The molecule has 0 fully saturated rings. The number of rotatable bonds is 6. The predicted molar refractivity (Wildman–Crippen MR) is 75.5 cm³/mol. The molecule has 1 amide bonds. The van der Waals surface area contributed by atoms with Crippen LogP contribution in [0.2, 0.25) is 0 Å². The third-order valence-electron chi connectivity index (χ3n) is 3.15. The summed E-state index contributed by atoms with van der Waals surface area (Å²) in [4.78, 5) is 14.1. The minimum atomic E-state index is -1.02. The zero-order chi connectivity index (χ0) is 15.3.